The number of alkyl halides is 2. The maximum Gasteiger partial charge on any atom is 0.272 e. The predicted octanol–water partition coefficient (Wildman–Crippen LogP) is 0.549. The van der Waals surface area contributed by atoms with Crippen molar-refractivity contribution < 1.29 is 13.5 Å². The van der Waals surface area contributed by atoms with Gasteiger partial charge >= 0.3 is 0 Å². The van der Waals surface area contributed by atoms with Crippen molar-refractivity contribution in [1.29, 1.82) is 0 Å². The number of hydrogen-bond acceptors (Lipinski definition) is 3. The van der Waals surface area contributed by atoms with Crippen molar-refractivity contribution in [3.8, 4) is 0 Å². The molecule has 0 amide bonds. The highest BCUT2D eigenvalue weighted by molar-refractivity contribution is 4.80. The number of nitrogens with zero attached hydrogens (tertiary/aromatic N) is 1. The summed E-state index contributed by atoms with van der Waals surface area (Å²) in [6, 6.07) is 0. The van der Waals surface area contributed by atoms with Crippen molar-refractivity contribution in [3.05, 3.63) is 0 Å². The molecule has 1 rings (SSSR count). The fourth-order valence-corrected chi connectivity index (χ4v) is 1.82. The second-order valence-electron chi connectivity index (χ2n) is 3.91. The van der Waals surface area contributed by atoms with E-state index in [9.17, 15) is 8.78 Å². The van der Waals surface area contributed by atoms with Crippen LogP contribution in [0.2, 0.25) is 0 Å². The molecule has 1 fully saturated rings. The lowest BCUT2D eigenvalue weighted by Gasteiger charge is -2.22. The molecule has 14 heavy (non-hydrogen) atoms. The molecule has 0 aromatic rings. The van der Waals surface area contributed by atoms with Crippen LogP contribution in [0, 0.1) is 5.92 Å². The SMILES string of the molecule is COCC1CCN(CC(F)(F)CN)C1. The van der Waals surface area contributed by atoms with E-state index in [1.54, 1.807) is 12.0 Å². The summed E-state index contributed by atoms with van der Waals surface area (Å²) in [4.78, 5) is 1.76. The zero-order valence-electron chi connectivity index (χ0n) is 8.51. The van der Waals surface area contributed by atoms with E-state index in [4.69, 9.17) is 10.5 Å². The first-order valence-corrected chi connectivity index (χ1v) is 4.86. The van der Waals surface area contributed by atoms with Gasteiger partial charge in [0.2, 0.25) is 0 Å². The van der Waals surface area contributed by atoms with Crippen LogP contribution in [0.1, 0.15) is 6.42 Å². The van der Waals surface area contributed by atoms with Crippen LogP contribution in [0.5, 0.6) is 0 Å². The summed E-state index contributed by atoms with van der Waals surface area (Å²) in [5.41, 5.74) is 4.98. The van der Waals surface area contributed by atoms with E-state index in [2.05, 4.69) is 0 Å². The molecule has 3 nitrogen and oxygen atoms in total. The standard InChI is InChI=1S/C9H18F2N2O/c1-14-5-8-2-3-13(4-8)7-9(10,11)6-12/h8H,2-7,12H2,1H3. The Hall–Kier alpha value is -0.260. The molecule has 0 radical (unpaired) electrons. The number of hydrogen-bond donors (Lipinski definition) is 1. The molecule has 0 saturated carbocycles. The van der Waals surface area contributed by atoms with E-state index < -0.39 is 12.5 Å². The zero-order valence-corrected chi connectivity index (χ0v) is 8.51. The highest BCUT2D eigenvalue weighted by atomic mass is 19.3. The molecule has 0 spiro atoms. The Balaban J connectivity index is 2.28. The maximum absolute atomic E-state index is 12.9. The van der Waals surface area contributed by atoms with Crippen molar-refractivity contribution in [1.82, 2.24) is 4.90 Å². The lowest BCUT2D eigenvalue weighted by molar-refractivity contribution is -0.0195. The first kappa shape index (κ1) is 11.8. The Morgan fingerprint density at radius 2 is 2.29 bits per heavy atom. The summed E-state index contributed by atoms with van der Waals surface area (Å²) in [5, 5.41) is 0. The quantitative estimate of drug-likeness (QED) is 0.717. The van der Waals surface area contributed by atoms with Crippen LogP contribution in [0.4, 0.5) is 8.78 Å². The third-order valence-corrected chi connectivity index (χ3v) is 2.53. The number of rotatable bonds is 5. The second-order valence-corrected chi connectivity index (χ2v) is 3.91. The van der Waals surface area contributed by atoms with Gasteiger partial charge in [0, 0.05) is 13.7 Å². The molecule has 0 bridgehead atoms. The zero-order chi connectivity index (χ0) is 10.6. The van der Waals surface area contributed by atoms with E-state index in [0.717, 1.165) is 13.0 Å². The van der Waals surface area contributed by atoms with Crippen LogP contribution in [0.3, 0.4) is 0 Å². The molecule has 0 aromatic carbocycles. The fraction of sp³-hybridized carbons (Fsp3) is 1.00. The minimum Gasteiger partial charge on any atom is -0.384 e. The number of methoxy groups -OCH3 is 1. The van der Waals surface area contributed by atoms with Gasteiger partial charge in [0.25, 0.3) is 5.92 Å². The Morgan fingerprint density at radius 1 is 1.57 bits per heavy atom. The summed E-state index contributed by atoms with van der Waals surface area (Å²) in [7, 11) is 1.64. The van der Waals surface area contributed by atoms with Gasteiger partial charge in [-0.25, -0.2) is 8.78 Å². The molecule has 2 N–H and O–H groups in total. The average Bonchev–Trinajstić information content (AvgIpc) is 2.53. The Kier molecular flexibility index (Phi) is 4.22. The summed E-state index contributed by atoms with van der Waals surface area (Å²) in [6.07, 6.45) is 0.939. The molecule has 0 aliphatic carbocycles. The molecular weight excluding hydrogens is 190 g/mol. The molecule has 0 aromatic heterocycles. The summed E-state index contributed by atoms with van der Waals surface area (Å²) < 4.78 is 30.8. The molecule has 5 heteroatoms. The smallest absolute Gasteiger partial charge is 0.272 e. The van der Waals surface area contributed by atoms with Gasteiger partial charge in [-0.3, -0.25) is 4.90 Å². The molecule has 1 aliphatic rings. The van der Waals surface area contributed by atoms with Gasteiger partial charge in [-0.15, -0.1) is 0 Å². The summed E-state index contributed by atoms with van der Waals surface area (Å²) in [5.74, 6) is -2.35. The Bertz CT molecular complexity index is 178. The molecular formula is C9H18F2N2O. The van der Waals surface area contributed by atoms with Gasteiger partial charge in [0.1, 0.15) is 0 Å². The number of halogens is 2. The van der Waals surface area contributed by atoms with Crippen molar-refractivity contribution in [2.75, 3.05) is 39.9 Å². The van der Waals surface area contributed by atoms with Crippen LogP contribution < -0.4 is 5.73 Å². The molecule has 1 saturated heterocycles. The highest BCUT2D eigenvalue weighted by Crippen LogP contribution is 2.21. The van der Waals surface area contributed by atoms with Gasteiger partial charge in [0.05, 0.1) is 19.7 Å². The Morgan fingerprint density at radius 3 is 2.86 bits per heavy atom. The Labute approximate surface area is 83.2 Å². The van der Waals surface area contributed by atoms with Crippen LogP contribution in [-0.4, -0.2) is 50.7 Å². The minimum atomic E-state index is -2.75. The predicted molar refractivity (Wildman–Crippen MR) is 50.4 cm³/mol. The van der Waals surface area contributed by atoms with E-state index in [-0.39, 0.29) is 6.54 Å². The van der Waals surface area contributed by atoms with Crippen LogP contribution in [0.15, 0.2) is 0 Å². The van der Waals surface area contributed by atoms with Crippen LogP contribution in [-0.2, 0) is 4.74 Å². The average molecular weight is 208 g/mol. The minimum absolute atomic E-state index is 0.219. The van der Waals surface area contributed by atoms with E-state index in [1.807, 2.05) is 0 Å². The van der Waals surface area contributed by atoms with E-state index in [1.165, 1.54) is 0 Å². The van der Waals surface area contributed by atoms with Gasteiger partial charge < -0.3 is 10.5 Å². The first-order chi connectivity index (χ1) is 6.57. The second kappa shape index (κ2) is 5.00. The van der Waals surface area contributed by atoms with Gasteiger partial charge in [-0.05, 0) is 18.9 Å². The fourth-order valence-electron chi connectivity index (χ4n) is 1.82. The third kappa shape index (κ3) is 3.48. The highest BCUT2D eigenvalue weighted by Gasteiger charge is 2.33. The van der Waals surface area contributed by atoms with Gasteiger partial charge in [-0.1, -0.05) is 0 Å². The molecule has 84 valence electrons. The number of ether oxygens (including phenoxy) is 1. The third-order valence-electron chi connectivity index (χ3n) is 2.53. The van der Waals surface area contributed by atoms with Gasteiger partial charge in [0.15, 0.2) is 0 Å². The molecule has 1 heterocycles. The van der Waals surface area contributed by atoms with Crippen molar-refractivity contribution in [2.45, 2.75) is 12.3 Å². The topological polar surface area (TPSA) is 38.5 Å². The normalized spacial score (nSPS) is 24.4. The lowest BCUT2D eigenvalue weighted by Crippen LogP contribution is -2.41. The lowest BCUT2D eigenvalue weighted by atomic mass is 10.1. The maximum atomic E-state index is 12.9. The first-order valence-electron chi connectivity index (χ1n) is 4.86. The monoisotopic (exact) mass is 208 g/mol. The molecule has 1 atom stereocenters. The molecule has 1 aliphatic heterocycles. The van der Waals surface area contributed by atoms with Crippen LogP contribution >= 0.6 is 0 Å². The van der Waals surface area contributed by atoms with Gasteiger partial charge in [-0.2, -0.15) is 0 Å². The summed E-state index contributed by atoms with van der Waals surface area (Å²) in [6.45, 7) is 1.29. The van der Waals surface area contributed by atoms with Crippen LogP contribution in [0.25, 0.3) is 0 Å². The molecule has 1 unspecified atom stereocenters. The number of nitrogens with two attached hydrogens (primary N) is 1. The van der Waals surface area contributed by atoms with Crippen molar-refractivity contribution in [3.63, 3.8) is 0 Å². The van der Waals surface area contributed by atoms with Crippen molar-refractivity contribution >= 4 is 0 Å². The van der Waals surface area contributed by atoms with E-state index >= 15 is 0 Å². The van der Waals surface area contributed by atoms with Crippen molar-refractivity contribution in [2.24, 2.45) is 11.7 Å². The number of likely N-dealkylation sites (tertiary alicyclic amines) is 1. The summed E-state index contributed by atoms with van der Waals surface area (Å²) >= 11 is 0. The van der Waals surface area contributed by atoms with E-state index in [0.29, 0.717) is 19.1 Å². The largest absolute Gasteiger partial charge is 0.384 e.